The standard InChI is InChI=1S/C24H22ClIN2O4/c1-2-30-22-13-18(14-27-28-23(29)16-31-20-6-4-3-5-7-20)12-21(26)24(22)32-15-17-8-10-19(25)11-9-17/h3-14H,2,15-16H2,1H3,(H,28,29)/b27-14-. The Labute approximate surface area is 205 Å². The second-order valence-electron chi connectivity index (χ2n) is 6.57. The van der Waals surface area contributed by atoms with Crippen LogP contribution < -0.4 is 19.6 Å². The molecule has 166 valence electrons. The lowest BCUT2D eigenvalue weighted by atomic mass is 10.2. The third-order valence-corrected chi connectivity index (χ3v) is 5.20. The molecule has 0 aromatic heterocycles. The minimum atomic E-state index is -0.354. The van der Waals surface area contributed by atoms with E-state index in [-0.39, 0.29) is 12.5 Å². The minimum absolute atomic E-state index is 0.124. The number of carbonyl (C=O) groups is 1. The highest BCUT2D eigenvalue weighted by Gasteiger charge is 2.12. The predicted octanol–water partition coefficient (Wildman–Crippen LogP) is 5.45. The van der Waals surface area contributed by atoms with Crippen LogP contribution in [0.3, 0.4) is 0 Å². The SMILES string of the molecule is CCOc1cc(/C=N\NC(=O)COc2ccccc2)cc(I)c1OCc1ccc(Cl)cc1. The zero-order chi connectivity index (χ0) is 22.8. The van der Waals surface area contributed by atoms with Gasteiger partial charge in [0.1, 0.15) is 12.4 Å². The summed E-state index contributed by atoms with van der Waals surface area (Å²) >= 11 is 8.13. The van der Waals surface area contributed by atoms with E-state index >= 15 is 0 Å². The monoisotopic (exact) mass is 564 g/mol. The molecule has 0 fully saturated rings. The van der Waals surface area contributed by atoms with Crippen LogP contribution >= 0.6 is 34.2 Å². The summed E-state index contributed by atoms with van der Waals surface area (Å²) in [6.45, 7) is 2.66. The zero-order valence-electron chi connectivity index (χ0n) is 17.4. The van der Waals surface area contributed by atoms with Crippen LogP contribution in [0.25, 0.3) is 0 Å². The van der Waals surface area contributed by atoms with Crippen molar-refractivity contribution in [3.63, 3.8) is 0 Å². The van der Waals surface area contributed by atoms with Crippen molar-refractivity contribution in [2.45, 2.75) is 13.5 Å². The summed E-state index contributed by atoms with van der Waals surface area (Å²) in [7, 11) is 0. The van der Waals surface area contributed by atoms with Gasteiger partial charge in [-0.15, -0.1) is 0 Å². The number of amides is 1. The molecule has 6 nitrogen and oxygen atoms in total. The van der Waals surface area contributed by atoms with Crippen LogP contribution in [0, 0.1) is 3.57 Å². The summed E-state index contributed by atoms with van der Waals surface area (Å²) in [5.74, 6) is 1.53. The fourth-order valence-electron chi connectivity index (χ4n) is 2.68. The van der Waals surface area contributed by atoms with E-state index in [1.165, 1.54) is 0 Å². The number of nitrogens with one attached hydrogen (secondary N) is 1. The van der Waals surface area contributed by atoms with Crippen LogP contribution in [-0.4, -0.2) is 25.3 Å². The molecule has 0 saturated heterocycles. The number of hydrogen-bond donors (Lipinski definition) is 1. The van der Waals surface area contributed by atoms with Crippen LogP contribution in [0.5, 0.6) is 17.2 Å². The van der Waals surface area contributed by atoms with E-state index < -0.39 is 0 Å². The van der Waals surface area contributed by atoms with Gasteiger partial charge in [0, 0.05) is 5.02 Å². The predicted molar refractivity (Wildman–Crippen MR) is 134 cm³/mol. The Morgan fingerprint density at radius 1 is 1.06 bits per heavy atom. The Kier molecular flexibility index (Phi) is 9.18. The van der Waals surface area contributed by atoms with E-state index in [2.05, 4.69) is 33.1 Å². The van der Waals surface area contributed by atoms with Crippen molar-refractivity contribution >= 4 is 46.3 Å². The number of rotatable bonds is 10. The van der Waals surface area contributed by atoms with Crippen LogP contribution in [0.1, 0.15) is 18.1 Å². The quantitative estimate of drug-likeness (QED) is 0.202. The summed E-state index contributed by atoms with van der Waals surface area (Å²) in [6.07, 6.45) is 1.55. The zero-order valence-corrected chi connectivity index (χ0v) is 20.3. The molecule has 3 aromatic carbocycles. The fourth-order valence-corrected chi connectivity index (χ4v) is 3.59. The molecule has 3 aromatic rings. The lowest BCUT2D eigenvalue weighted by Gasteiger charge is -2.15. The summed E-state index contributed by atoms with van der Waals surface area (Å²) < 4.78 is 18.0. The molecule has 0 aliphatic carbocycles. The first-order chi connectivity index (χ1) is 15.5. The van der Waals surface area contributed by atoms with Gasteiger partial charge >= 0.3 is 0 Å². The van der Waals surface area contributed by atoms with Crippen LogP contribution in [0.4, 0.5) is 0 Å². The van der Waals surface area contributed by atoms with Crippen molar-refractivity contribution < 1.29 is 19.0 Å². The van der Waals surface area contributed by atoms with E-state index in [1.807, 2.05) is 61.5 Å². The van der Waals surface area contributed by atoms with E-state index in [0.29, 0.717) is 35.5 Å². The first-order valence-electron chi connectivity index (χ1n) is 9.88. The van der Waals surface area contributed by atoms with Gasteiger partial charge in [0.25, 0.3) is 5.91 Å². The smallest absolute Gasteiger partial charge is 0.277 e. The maximum atomic E-state index is 11.9. The van der Waals surface area contributed by atoms with E-state index in [9.17, 15) is 4.79 Å². The Morgan fingerprint density at radius 2 is 1.81 bits per heavy atom. The van der Waals surface area contributed by atoms with Gasteiger partial charge in [0.2, 0.25) is 0 Å². The van der Waals surface area contributed by atoms with Gasteiger partial charge in [0.15, 0.2) is 18.1 Å². The number of para-hydroxylation sites is 1. The lowest BCUT2D eigenvalue weighted by molar-refractivity contribution is -0.123. The van der Waals surface area contributed by atoms with Gasteiger partial charge in [-0.05, 0) is 77.0 Å². The van der Waals surface area contributed by atoms with E-state index in [4.69, 9.17) is 25.8 Å². The molecule has 0 atom stereocenters. The summed E-state index contributed by atoms with van der Waals surface area (Å²) in [6, 6.07) is 20.3. The van der Waals surface area contributed by atoms with Gasteiger partial charge in [0.05, 0.1) is 16.4 Å². The number of benzene rings is 3. The number of hydrazone groups is 1. The van der Waals surface area contributed by atoms with Crippen LogP contribution in [-0.2, 0) is 11.4 Å². The third kappa shape index (κ3) is 7.42. The van der Waals surface area contributed by atoms with E-state index in [1.54, 1.807) is 18.3 Å². The molecule has 8 heteroatoms. The first kappa shape index (κ1) is 23.9. The largest absolute Gasteiger partial charge is 0.490 e. The molecular weight excluding hydrogens is 543 g/mol. The minimum Gasteiger partial charge on any atom is -0.490 e. The average molecular weight is 565 g/mol. The second kappa shape index (κ2) is 12.3. The third-order valence-electron chi connectivity index (χ3n) is 4.14. The molecular formula is C24H22ClIN2O4. The number of hydrogen-bond acceptors (Lipinski definition) is 5. The van der Waals surface area contributed by atoms with Gasteiger partial charge in [-0.1, -0.05) is 41.9 Å². The van der Waals surface area contributed by atoms with Crippen molar-refractivity contribution in [1.29, 1.82) is 0 Å². The van der Waals surface area contributed by atoms with Gasteiger partial charge in [-0.25, -0.2) is 5.43 Å². The Bertz CT molecular complexity index is 1060. The Hall–Kier alpha value is -2.78. The highest BCUT2D eigenvalue weighted by atomic mass is 127. The molecule has 32 heavy (non-hydrogen) atoms. The number of carbonyl (C=O) groups excluding carboxylic acids is 1. The number of halogens is 2. The topological polar surface area (TPSA) is 69.2 Å². The molecule has 0 heterocycles. The van der Waals surface area contributed by atoms with Crippen molar-refractivity contribution in [3.05, 3.63) is 86.4 Å². The van der Waals surface area contributed by atoms with Crippen LogP contribution in [0.15, 0.2) is 71.8 Å². The highest BCUT2D eigenvalue weighted by molar-refractivity contribution is 14.1. The Morgan fingerprint density at radius 3 is 2.53 bits per heavy atom. The van der Waals surface area contributed by atoms with E-state index in [0.717, 1.165) is 14.7 Å². The molecule has 1 N–H and O–H groups in total. The summed E-state index contributed by atoms with van der Waals surface area (Å²) in [5.41, 5.74) is 4.22. The van der Waals surface area contributed by atoms with Gasteiger partial charge in [-0.3, -0.25) is 4.79 Å². The normalized spacial score (nSPS) is 10.7. The number of ether oxygens (including phenoxy) is 3. The maximum absolute atomic E-state index is 11.9. The summed E-state index contributed by atoms with van der Waals surface area (Å²) in [5, 5.41) is 4.69. The maximum Gasteiger partial charge on any atom is 0.277 e. The van der Waals surface area contributed by atoms with Crippen molar-refractivity contribution in [3.8, 4) is 17.2 Å². The number of nitrogens with zero attached hydrogens (tertiary/aromatic N) is 1. The molecule has 0 spiro atoms. The average Bonchev–Trinajstić information content (AvgIpc) is 2.79. The molecule has 0 saturated carbocycles. The molecule has 0 aliphatic rings. The molecule has 0 bridgehead atoms. The highest BCUT2D eigenvalue weighted by Crippen LogP contribution is 2.34. The molecule has 0 aliphatic heterocycles. The molecule has 0 radical (unpaired) electrons. The van der Waals surface area contributed by atoms with Crippen molar-refractivity contribution in [2.24, 2.45) is 5.10 Å². The van der Waals surface area contributed by atoms with Crippen molar-refractivity contribution in [2.75, 3.05) is 13.2 Å². The molecule has 1 amide bonds. The molecule has 0 unspecified atom stereocenters. The lowest BCUT2D eigenvalue weighted by Crippen LogP contribution is -2.24. The Balaban J connectivity index is 1.61. The second-order valence-corrected chi connectivity index (χ2v) is 8.17. The first-order valence-corrected chi connectivity index (χ1v) is 11.3. The van der Waals surface area contributed by atoms with Crippen LogP contribution in [0.2, 0.25) is 5.02 Å². The van der Waals surface area contributed by atoms with Gasteiger partial charge < -0.3 is 14.2 Å². The fraction of sp³-hybridized carbons (Fsp3) is 0.167. The summed E-state index contributed by atoms with van der Waals surface area (Å²) in [4.78, 5) is 11.9. The van der Waals surface area contributed by atoms with Gasteiger partial charge in [-0.2, -0.15) is 5.10 Å². The molecule has 3 rings (SSSR count). The van der Waals surface area contributed by atoms with Crippen molar-refractivity contribution in [1.82, 2.24) is 5.43 Å².